The van der Waals surface area contributed by atoms with E-state index in [1.54, 1.807) is 23.0 Å². The van der Waals surface area contributed by atoms with E-state index in [2.05, 4.69) is 32.2 Å². The number of nitrogens with zero attached hydrogens (tertiary/aromatic N) is 4. The zero-order valence-electron chi connectivity index (χ0n) is 16.4. The van der Waals surface area contributed by atoms with Crippen LogP contribution >= 0.6 is 0 Å². The minimum atomic E-state index is -3.00. The second-order valence-electron chi connectivity index (χ2n) is 7.85. The molecule has 5 rings (SSSR count). The maximum Gasteiger partial charge on any atom is 0.291 e. The molecule has 3 heterocycles. The number of halogens is 2. The first-order chi connectivity index (χ1) is 14.5. The number of anilines is 1. The van der Waals surface area contributed by atoms with Crippen LogP contribution in [0, 0.1) is 0 Å². The first-order valence-corrected chi connectivity index (χ1v) is 10.1. The van der Waals surface area contributed by atoms with Crippen molar-refractivity contribution in [1.29, 1.82) is 0 Å². The molecular weight excluding hydrogens is 386 g/mol. The van der Waals surface area contributed by atoms with Crippen LogP contribution < -0.4 is 5.32 Å². The van der Waals surface area contributed by atoms with E-state index < -0.39 is 5.92 Å². The van der Waals surface area contributed by atoms with Crippen LogP contribution in [0.5, 0.6) is 0 Å². The zero-order valence-corrected chi connectivity index (χ0v) is 16.4. The molecule has 0 spiro atoms. The van der Waals surface area contributed by atoms with Gasteiger partial charge in [-0.15, -0.1) is 5.10 Å². The molecule has 0 aliphatic heterocycles. The summed E-state index contributed by atoms with van der Waals surface area (Å²) in [5, 5.41) is 13.2. The number of benzene rings is 1. The molecule has 0 saturated heterocycles. The van der Waals surface area contributed by atoms with Crippen molar-refractivity contribution in [3.63, 3.8) is 0 Å². The van der Waals surface area contributed by atoms with Gasteiger partial charge in [-0.05, 0) is 50.0 Å². The third-order valence-electron chi connectivity index (χ3n) is 6.01. The number of nitrogens with one attached hydrogen (secondary N) is 2. The first-order valence-electron chi connectivity index (χ1n) is 10.1. The highest BCUT2D eigenvalue weighted by atomic mass is 19.3. The highest BCUT2D eigenvalue weighted by molar-refractivity contribution is 5.92. The molecule has 8 heteroatoms. The van der Waals surface area contributed by atoms with Crippen molar-refractivity contribution < 1.29 is 8.78 Å². The summed E-state index contributed by atoms with van der Waals surface area (Å²) in [5.74, 6) is -2.66. The Morgan fingerprint density at radius 3 is 2.63 bits per heavy atom. The Labute approximate surface area is 172 Å². The Morgan fingerprint density at radius 1 is 1.13 bits per heavy atom. The van der Waals surface area contributed by atoms with Gasteiger partial charge in [0, 0.05) is 34.8 Å². The van der Waals surface area contributed by atoms with Crippen LogP contribution in [0.1, 0.15) is 42.9 Å². The highest BCUT2D eigenvalue weighted by Crippen LogP contribution is 2.36. The normalized spacial score (nSPS) is 19.9. The van der Waals surface area contributed by atoms with E-state index in [0.29, 0.717) is 18.0 Å². The minimum Gasteiger partial charge on any atom is -0.382 e. The molecule has 30 heavy (non-hydrogen) atoms. The van der Waals surface area contributed by atoms with E-state index in [-0.39, 0.29) is 5.56 Å². The van der Waals surface area contributed by atoms with Crippen LogP contribution in [0.25, 0.3) is 16.6 Å². The van der Waals surface area contributed by atoms with Crippen molar-refractivity contribution in [1.82, 2.24) is 24.8 Å². The second kappa shape index (κ2) is 7.19. The molecule has 0 amide bonds. The molecule has 1 saturated carbocycles. The van der Waals surface area contributed by atoms with Crippen LogP contribution in [0.15, 0.2) is 55.5 Å². The van der Waals surface area contributed by atoms with Crippen molar-refractivity contribution in [2.45, 2.75) is 43.6 Å². The highest BCUT2D eigenvalue weighted by Gasteiger charge is 2.28. The lowest BCUT2D eigenvalue weighted by atomic mass is 9.83. The number of H-pyrrole nitrogens is 1. The van der Waals surface area contributed by atoms with Gasteiger partial charge in [0.25, 0.3) is 5.92 Å². The molecule has 1 fully saturated rings. The van der Waals surface area contributed by atoms with Gasteiger partial charge < -0.3 is 10.3 Å². The fourth-order valence-corrected chi connectivity index (χ4v) is 4.35. The molecule has 154 valence electrons. The summed E-state index contributed by atoms with van der Waals surface area (Å²) in [6.45, 7) is 3.20. The topological polar surface area (TPSA) is 70.9 Å². The molecule has 6 nitrogen and oxygen atoms in total. The SMILES string of the molecule is C=CC(F)(F)c1ccc(NC2CCC(c3nnn4cnc5[nH]ccc5c34)CC2)cc1. The molecular formula is C22H22F2N6. The number of aromatic nitrogens is 5. The van der Waals surface area contributed by atoms with Crippen molar-refractivity contribution in [2.75, 3.05) is 5.32 Å². The molecule has 1 aliphatic carbocycles. The van der Waals surface area contributed by atoms with Gasteiger partial charge in [-0.2, -0.15) is 8.78 Å². The smallest absolute Gasteiger partial charge is 0.291 e. The van der Waals surface area contributed by atoms with Gasteiger partial charge in [-0.1, -0.05) is 23.9 Å². The van der Waals surface area contributed by atoms with Gasteiger partial charge in [0.1, 0.15) is 17.5 Å². The van der Waals surface area contributed by atoms with Crippen LogP contribution in [-0.2, 0) is 5.92 Å². The van der Waals surface area contributed by atoms with Crippen molar-refractivity contribution >= 4 is 22.2 Å². The van der Waals surface area contributed by atoms with E-state index in [1.807, 2.05) is 12.3 Å². The molecule has 1 aromatic carbocycles. The van der Waals surface area contributed by atoms with Crippen LogP contribution in [0.3, 0.4) is 0 Å². The first kappa shape index (κ1) is 18.7. The number of hydrogen-bond donors (Lipinski definition) is 2. The Hall–Kier alpha value is -3.29. The van der Waals surface area contributed by atoms with Gasteiger partial charge in [0.15, 0.2) is 0 Å². The number of fused-ring (bicyclic) bond motifs is 3. The van der Waals surface area contributed by atoms with Crippen LogP contribution in [-0.4, -0.2) is 30.8 Å². The van der Waals surface area contributed by atoms with E-state index in [9.17, 15) is 8.78 Å². The maximum atomic E-state index is 13.7. The monoisotopic (exact) mass is 408 g/mol. The minimum absolute atomic E-state index is 0.0449. The lowest BCUT2D eigenvalue weighted by Gasteiger charge is -2.29. The van der Waals surface area contributed by atoms with Crippen molar-refractivity contribution in [3.05, 3.63) is 66.8 Å². The predicted octanol–water partition coefficient (Wildman–Crippen LogP) is 5.02. The number of aromatic amines is 1. The number of alkyl halides is 2. The Balaban J connectivity index is 1.27. The molecule has 1 aliphatic rings. The molecule has 0 radical (unpaired) electrons. The van der Waals surface area contributed by atoms with Gasteiger partial charge in [0.2, 0.25) is 0 Å². The standard InChI is InChI=1S/C22H22F2N6/c1-2-22(23,24)15-5-9-17(10-6-15)27-16-7-3-14(4-8-16)19-20-18-11-12-25-21(18)26-13-30(20)29-28-19/h2,5-6,9-14,16,25,27H,1,3-4,7-8H2. The fraction of sp³-hybridized carbons (Fsp3) is 0.318. The van der Waals surface area contributed by atoms with E-state index in [0.717, 1.165) is 53.6 Å². The van der Waals surface area contributed by atoms with E-state index in [1.165, 1.54) is 12.1 Å². The lowest BCUT2D eigenvalue weighted by Crippen LogP contribution is -2.25. The van der Waals surface area contributed by atoms with Crippen LogP contribution in [0.2, 0.25) is 0 Å². The van der Waals surface area contributed by atoms with Gasteiger partial charge in [0.05, 0.1) is 5.69 Å². The molecule has 0 unspecified atom stereocenters. The van der Waals surface area contributed by atoms with Crippen LogP contribution in [0.4, 0.5) is 14.5 Å². The van der Waals surface area contributed by atoms with E-state index in [4.69, 9.17) is 0 Å². The molecule has 2 N–H and O–H groups in total. The predicted molar refractivity (Wildman–Crippen MR) is 112 cm³/mol. The van der Waals surface area contributed by atoms with Crippen molar-refractivity contribution in [2.24, 2.45) is 0 Å². The Morgan fingerprint density at radius 2 is 1.90 bits per heavy atom. The summed E-state index contributed by atoms with van der Waals surface area (Å²) in [4.78, 5) is 7.50. The van der Waals surface area contributed by atoms with Crippen molar-refractivity contribution in [3.8, 4) is 0 Å². The largest absolute Gasteiger partial charge is 0.382 e. The van der Waals surface area contributed by atoms with Gasteiger partial charge >= 0.3 is 0 Å². The average Bonchev–Trinajstić information content (AvgIpc) is 3.41. The summed E-state index contributed by atoms with van der Waals surface area (Å²) in [5.41, 5.74) is 3.70. The summed E-state index contributed by atoms with van der Waals surface area (Å²) in [6, 6.07) is 8.64. The van der Waals surface area contributed by atoms with E-state index >= 15 is 0 Å². The summed E-state index contributed by atoms with van der Waals surface area (Å²) >= 11 is 0. The third-order valence-corrected chi connectivity index (χ3v) is 6.01. The Bertz CT molecular complexity index is 1190. The fourth-order valence-electron chi connectivity index (χ4n) is 4.35. The Kier molecular flexibility index (Phi) is 4.49. The average molecular weight is 408 g/mol. The quantitative estimate of drug-likeness (QED) is 0.455. The lowest BCUT2D eigenvalue weighted by molar-refractivity contribution is 0.0526. The number of hydrogen-bond acceptors (Lipinski definition) is 4. The summed E-state index contributed by atoms with van der Waals surface area (Å²) < 4.78 is 29.1. The number of rotatable bonds is 5. The molecule has 0 bridgehead atoms. The summed E-state index contributed by atoms with van der Waals surface area (Å²) in [7, 11) is 0. The second-order valence-corrected chi connectivity index (χ2v) is 7.85. The van der Waals surface area contributed by atoms with Gasteiger partial charge in [-0.25, -0.2) is 9.50 Å². The molecule has 4 aromatic rings. The molecule has 3 aromatic heterocycles. The van der Waals surface area contributed by atoms with Gasteiger partial charge in [-0.3, -0.25) is 0 Å². The summed E-state index contributed by atoms with van der Waals surface area (Å²) in [6.07, 6.45) is 8.19. The molecule has 0 atom stereocenters. The maximum absolute atomic E-state index is 13.7. The number of allylic oxidation sites excluding steroid dienone is 1. The zero-order chi connectivity index (χ0) is 20.7. The third kappa shape index (κ3) is 3.22.